The number of hydrogen-bond acceptors (Lipinski definition) is 24. The highest BCUT2D eigenvalue weighted by molar-refractivity contribution is 7.52. The molecule has 2 aliphatic rings. The predicted octanol–water partition coefficient (Wildman–Crippen LogP) is 5.85. The summed E-state index contributed by atoms with van der Waals surface area (Å²) in [6.45, 7) is 14.8. The topological polar surface area (TPSA) is 364 Å². The van der Waals surface area contributed by atoms with Crippen LogP contribution >= 0.6 is 15.5 Å². The lowest BCUT2D eigenvalue weighted by molar-refractivity contribution is -0.150. The molecule has 32 heteroatoms. The van der Waals surface area contributed by atoms with Crippen molar-refractivity contribution in [2.24, 2.45) is 0 Å². The number of fused-ring (bicyclic) bond motifs is 2. The molecule has 6 aromatic rings. The van der Waals surface area contributed by atoms with Crippen molar-refractivity contribution in [1.82, 2.24) is 49.2 Å². The number of nitrogens with two attached hydrogens (primary N) is 2. The quantitative estimate of drug-likeness (QED) is 0.0305. The zero-order chi connectivity index (χ0) is 59.9. The number of hydrogen-bond donors (Lipinski definition) is 6. The molecule has 8 rings (SSSR count). The van der Waals surface area contributed by atoms with Crippen molar-refractivity contribution in [2.75, 3.05) is 37.9 Å². The second-order valence-electron chi connectivity index (χ2n) is 19.6. The van der Waals surface area contributed by atoms with Gasteiger partial charge in [-0.15, -0.1) is 0 Å². The Kier molecular flexibility index (Phi) is 20.1. The molecule has 28 nitrogen and oxygen atoms in total. The lowest BCUT2D eigenvalue weighted by Crippen LogP contribution is -2.41. The smallest absolute Gasteiger partial charge is 0.459 e. The van der Waals surface area contributed by atoms with Gasteiger partial charge in [0.05, 0.1) is 51.3 Å². The number of rotatable bonds is 24. The Morgan fingerprint density at radius 3 is 1.33 bits per heavy atom. The Hall–Kier alpha value is -6.72. The number of nitrogen functional groups attached to an aromatic ring is 2. The van der Waals surface area contributed by atoms with Crippen molar-refractivity contribution in [2.45, 2.75) is 142 Å². The van der Waals surface area contributed by atoms with Crippen LogP contribution in [0, 0.1) is 0 Å². The van der Waals surface area contributed by atoms with E-state index in [1.165, 1.54) is 35.6 Å². The number of nitrogens with zero attached hydrogens (tertiary/aromatic N) is 8. The Bertz CT molecular complexity index is 3030. The Morgan fingerprint density at radius 2 is 1.00 bits per heavy atom. The van der Waals surface area contributed by atoms with E-state index in [-0.39, 0.29) is 70.7 Å². The van der Waals surface area contributed by atoms with Crippen LogP contribution in [0.25, 0.3) is 22.3 Å². The van der Waals surface area contributed by atoms with Gasteiger partial charge in [0.1, 0.15) is 48.0 Å². The average molecular weight is 1190 g/mol. The molecule has 448 valence electrons. The number of carbonyl (C=O) groups is 2. The first-order valence-electron chi connectivity index (χ1n) is 25.9. The monoisotopic (exact) mass is 1190 g/mol. The maximum atomic E-state index is 16.0. The number of halogens is 2. The molecule has 2 saturated heterocycles. The van der Waals surface area contributed by atoms with Crippen molar-refractivity contribution in [3.05, 3.63) is 73.3 Å². The normalized spacial score (nSPS) is 24.7. The van der Waals surface area contributed by atoms with E-state index < -0.39 is 113 Å². The number of aliphatic hydroxyl groups excluding tert-OH is 2. The number of alkyl halides is 2. The van der Waals surface area contributed by atoms with Crippen LogP contribution in [0.4, 0.5) is 20.7 Å². The molecule has 0 amide bonds. The number of ether oxygens (including phenoxy) is 6. The van der Waals surface area contributed by atoms with Crippen LogP contribution in [0.1, 0.15) is 81.7 Å². The lowest BCUT2D eigenvalue weighted by Gasteiger charge is -2.25. The minimum atomic E-state index is -4.29. The van der Waals surface area contributed by atoms with Crippen LogP contribution in [0.2, 0.25) is 0 Å². The standard InChI is InChI=1S/2C25H34FN6O8P/c2*1-6-36-21-18-20(29-24(27)30-21)32(13-28-18)23-25(5,26)19(33)17(39-23)12-37-41(35,40-16-10-8-7-9-11-16)31-15(4)22(34)38-14(2)3/h2*7-11,13-15,17,19,23,33H,6,12H2,1-5H3,(H,31,35)(H2,27,29,30)/t15-,17-,19-,23?,25-,41?;15-,17-,19-,23?,25-,41+/m11/s1. The first-order valence-corrected chi connectivity index (χ1v) is 29.0. The van der Waals surface area contributed by atoms with E-state index in [2.05, 4.69) is 40.1 Å². The molecular weight excluding hydrogens is 1120 g/mol. The summed E-state index contributed by atoms with van der Waals surface area (Å²) in [7, 11) is -8.58. The average Bonchev–Trinajstić information content (AvgIpc) is 3.81. The minimum absolute atomic E-state index is 0.114. The van der Waals surface area contributed by atoms with Gasteiger partial charge < -0.3 is 59.1 Å². The van der Waals surface area contributed by atoms with Gasteiger partial charge in [-0.05, 0) is 93.5 Å². The lowest BCUT2D eigenvalue weighted by atomic mass is 9.98. The first kappa shape index (κ1) is 62.9. The molecule has 2 aliphatic heterocycles. The van der Waals surface area contributed by atoms with Crippen LogP contribution in [-0.4, -0.2) is 148 Å². The summed E-state index contributed by atoms with van der Waals surface area (Å²) in [6.07, 6.45) is -7.23. The molecule has 0 spiro atoms. The van der Waals surface area contributed by atoms with Crippen LogP contribution < -0.4 is 40.2 Å². The number of imidazole rings is 2. The molecule has 0 bridgehead atoms. The number of benzene rings is 2. The molecule has 2 fully saturated rings. The number of esters is 2. The third-order valence-corrected chi connectivity index (χ3v) is 15.5. The highest BCUT2D eigenvalue weighted by atomic mass is 31.2. The van der Waals surface area contributed by atoms with Gasteiger partial charge in [-0.25, -0.2) is 27.9 Å². The van der Waals surface area contributed by atoms with E-state index in [0.29, 0.717) is 0 Å². The highest BCUT2D eigenvalue weighted by Crippen LogP contribution is 2.50. The minimum Gasteiger partial charge on any atom is -0.476 e. The number of nitrogens with one attached hydrogen (secondary N) is 2. The maximum Gasteiger partial charge on any atom is 0.459 e. The van der Waals surface area contributed by atoms with Crippen molar-refractivity contribution in [1.29, 1.82) is 0 Å². The predicted molar refractivity (Wildman–Crippen MR) is 290 cm³/mol. The summed E-state index contributed by atoms with van der Waals surface area (Å²) in [6, 6.07) is 14.1. The van der Waals surface area contributed by atoms with E-state index in [1.807, 2.05) is 0 Å². The van der Waals surface area contributed by atoms with Crippen LogP contribution in [-0.2, 0) is 46.7 Å². The van der Waals surface area contributed by atoms with Gasteiger partial charge in [-0.2, -0.15) is 30.1 Å². The molecule has 0 radical (unpaired) electrons. The molecule has 6 heterocycles. The SMILES string of the molecule is CCOc1nc(N)nc2c1ncn2C1O[C@H](COP(=O)(N[C@H](C)C(=O)OC(C)C)Oc2ccccc2)[C@@H](O)[C@@]1(C)F.CCOc1nc(N)nc2c1ncn2C1O[C@H](CO[P@@](=O)(N[C@H](C)C(=O)OC(C)C)Oc2ccccc2)[C@@H](O)[C@@]1(C)F. The number of anilines is 2. The van der Waals surface area contributed by atoms with Gasteiger partial charge in [0.15, 0.2) is 46.1 Å². The summed E-state index contributed by atoms with van der Waals surface area (Å²) < 4.78 is 118. The Labute approximate surface area is 470 Å². The molecule has 2 aromatic carbocycles. The van der Waals surface area contributed by atoms with E-state index in [9.17, 15) is 28.9 Å². The molecule has 12 atom stereocenters. The van der Waals surface area contributed by atoms with Crippen molar-refractivity contribution in [3.8, 4) is 23.3 Å². The second-order valence-corrected chi connectivity index (χ2v) is 23.0. The van der Waals surface area contributed by atoms with Crippen molar-refractivity contribution < 1.29 is 84.2 Å². The molecule has 3 unspecified atom stereocenters. The Morgan fingerprint density at radius 1 is 0.646 bits per heavy atom. The molecule has 8 N–H and O–H groups in total. The van der Waals surface area contributed by atoms with Gasteiger partial charge in [-0.1, -0.05) is 36.4 Å². The fraction of sp³-hybridized carbons (Fsp3) is 0.520. The molecule has 0 saturated carbocycles. The Balaban J connectivity index is 0.000000236. The van der Waals surface area contributed by atoms with Gasteiger partial charge in [0, 0.05) is 0 Å². The number of carbonyl (C=O) groups excluding carboxylic acids is 2. The first-order chi connectivity index (χ1) is 38.7. The number of aromatic nitrogens is 8. The van der Waals surface area contributed by atoms with Crippen LogP contribution in [0.3, 0.4) is 0 Å². The zero-order valence-electron chi connectivity index (χ0n) is 46.5. The van der Waals surface area contributed by atoms with Crippen molar-refractivity contribution in [3.63, 3.8) is 0 Å². The maximum absolute atomic E-state index is 16.0. The van der Waals surface area contributed by atoms with Crippen LogP contribution in [0.5, 0.6) is 23.3 Å². The van der Waals surface area contributed by atoms with E-state index in [0.717, 1.165) is 13.8 Å². The third kappa shape index (κ3) is 14.7. The van der Waals surface area contributed by atoms with E-state index in [1.54, 1.807) is 102 Å². The van der Waals surface area contributed by atoms with Crippen molar-refractivity contribution >= 4 is 61.7 Å². The fourth-order valence-electron chi connectivity index (χ4n) is 8.34. The summed E-state index contributed by atoms with van der Waals surface area (Å²) in [5, 5.41) is 26.9. The third-order valence-electron chi connectivity index (χ3n) is 12.2. The van der Waals surface area contributed by atoms with Gasteiger partial charge in [0.2, 0.25) is 23.7 Å². The van der Waals surface area contributed by atoms with Gasteiger partial charge >= 0.3 is 27.4 Å². The molecule has 4 aromatic heterocycles. The zero-order valence-corrected chi connectivity index (χ0v) is 48.3. The molecule has 0 aliphatic carbocycles. The summed E-state index contributed by atoms with van der Waals surface area (Å²) >= 11 is 0. The van der Waals surface area contributed by atoms with Gasteiger partial charge in [-0.3, -0.25) is 27.8 Å². The second kappa shape index (κ2) is 26.2. The summed E-state index contributed by atoms with van der Waals surface area (Å²) in [5.41, 5.74) is 7.58. The summed E-state index contributed by atoms with van der Waals surface area (Å²) in [5.74, 6) is -1.04. The number of para-hydroxylation sites is 2. The number of aliphatic hydroxyl groups is 2. The van der Waals surface area contributed by atoms with E-state index in [4.69, 9.17) is 58.0 Å². The summed E-state index contributed by atoms with van der Waals surface area (Å²) in [4.78, 5) is 49.5. The van der Waals surface area contributed by atoms with Gasteiger partial charge in [0.25, 0.3) is 0 Å². The molecular formula is C50H68F2N12O16P2. The van der Waals surface area contributed by atoms with E-state index >= 15 is 8.78 Å². The molecule has 82 heavy (non-hydrogen) atoms. The fourth-order valence-corrected chi connectivity index (χ4v) is 11.3. The largest absolute Gasteiger partial charge is 0.476 e. The highest BCUT2D eigenvalue weighted by Gasteiger charge is 2.57. The van der Waals surface area contributed by atoms with Crippen LogP contribution in [0.15, 0.2) is 73.3 Å².